The lowest BCUT2D eigenvalue weighted by Gasteiger charge is -2.38. The summed E-state index contributed by atoms with van der Waals surface area (Å²) in [6.45, 7) is 4.88. The van der Waals surface area contributed by atoms with Gasteiger partial charge in [0.1, 0.15) is 0 Å². The third-order valence-electron chi connectivity index (χ3n) is 5.29. The first kappa shape index (κ1) is 22.4. The van der Waals surface area contributed by atoms with E-state index < -0.39 is 10.0 Å². The predicted molar refractivity (Wildman–Crippen MR) is 116 cm³/mol. The van der Waals surface area contributed by atoms with Crippen LogP contribution in [0.15, 0.2) is 59.5 Å². The van der Waals surface area contributed by atoms with E-state index in [1.165, 1.54) is 26.2 Å². The molecule has 3 rings (SSSR count). The Morgan fingerprint density at radius 1 is 1.07 bits per heavy atom. The van der Waals surface area contributed by atoms with Crippen molar-refractivity contribution in [3.05, 3.63) is 65.7 Å². The summed E-state index contributed by atoms with van der Waals surface area (Å²) in [6, 6.07) is 16.0. The number of hydrogen-bond donors (Lipinski definition) is 1. The number of morpholine rings is 1. The molecule has 1 fully saturated rings. The molecule has 0 bridgehead atoms. The van der Waals surface area contributed by atoms with Crippen molar-refractivity contribution < 1.29 is 17.9 Å². The Hall–Kier alpha value is -2.26. The van der Waals surface area contributed by atoms with Gasteiger partial charge >= 0.3 is 0 Å². The minimum absolute atomic E-state index is 0.00672. The van der Waals surface area contributed by atoms with E-state index in [0.717, 1.165) is 23.0 Å². The molecular formula is C22H29N3O4S. The van der Waals surface area contributed by atoms with Gasteiger partial charge in [0.15, 0.2) is 0 Å². The molecule has 7 nitrogen and oxygen atoms in total. The second-order valence-electron chi connectivity index (χ2n) is 7.58. The summed E-state index contributed by atoms with van der Waals surface area (Å²) in [5.41, 5.74) is 1.44. The molecule has 2 unspecified atom stereocenters. The fraction of sp³-hybridized carbons (Fsp3) is 0.409. The molecule has 2 aromatic carbocycles. The number of amides is 1. The maximum absolute atomic E-state index is 13.0. The van der Waals surface area contributed by atoms with Crippen LogP contribution in [0.1, 0.15) is 28.9 Å². The Labute approximate surface area is 178 Å². The Bertz CT molecular complexity index is 957. The number of nitrogens with one attached hydrogen (secondary N) is 1. The van der Waals surface area contributed by atoms with E-state index in [1.54, 1.807) is 12.1 Å². The molecule has 2 aromatic rings. The van der Waals surface area contributed by atoms with Crippen molar-refractivity contribution in [1.82, 2.24) is 14.5 Å². The van der Waals surface area contributed by atoms with E-state index in [1.807, 2.05) is 25.1 Å². The standard InChI is InChI=1S/C22H29N3O4S/c1-17(21(18-8-5-4-6-9-18)25-12-14-29-15-13-25)23-22(26)19-10-7-11-20(16-19)30(27,28)24(2)3/h4-11,16-17,21H,12-15H2,1-3H3,(H,23,26). The molecule has 0 aromatic heterocycles. The lowest BCUT2D eigenvalue weighted by molar-refractivity contribution is 0.00888. The molecule has 0 radical (unpaired) electrons. The molecule has 162 valence electrons. The molecule has 0 spiro atoms. The smallest absolute Gasteiger partial charge is 0.251 e. The first-order valence-corrected chi connectivity index (χ1v) is 11.4. The minimum atomic E-state index is -3.61. The topological polar surface area (TPSA) is 79.0 Å². The minimum Gasteiger partial charge on any atom is -0.379 e. The fourth-order valence-electron chi connectivity index (χ4n) is 3.70. The van der Waals surface area contributed by atoms with Crippen LogP contribution in [-0.2, 0) is 14.8 Å². The van der Waals surface area contributed by atoms with E-state index in [4.69, 9.17) is 4.74 Å². The zero-order valence-corrected chi connectivity index (χ0v) is 18.4. The molecule has 0 saturated carbocycles. The molecule has 1 aliphatic rings. The summed E-state index contributed by atoms with van der Waals surface area (Å²) < 4.78 is 31.4. The van der Waals surface area contributed by atoms with Crippen LogP contribution in [-0.4, -0.2) is 70.0 Å². The normalized spacial score (nSPS) is 17.5. The van der Waals surface area contributed by atoms with Gasteiger partial charge in [-0.05, 0) is 30.7 Å². The van der Waals surface area contributed by atoms with Crippen molar-refractivity contribution in [3.8, 4) is 0 Å². The summed E-state index contributed by atoms with van der Waals surface area (Å²) in [5, 5.41) is 3.07. The second-order valence-corrected chi connectivity index (χ2v) is 9.73. The van der Waals surface area contributed by atoms with Crippen molar-refractivity contribution in [1.29, 1.82) is 0 Å². The predicted octanol–water partition coefficient (Wildman–Crippen LogP) is 2.13. The highest BCUT2D eigenvalue weighted by Crippen LogP contribution is 2.26. The highest BCUT2D eigenvalue weighted by Gasteiger charge is 2.29. The molecule has 1 heterocycles. The Morgan fingerprint density at radius 3 is 2.37 bits per heavy atom. The lowest BCUT2D eigenvalue weighted by atomic mass is 9.97. The van der Waals surface area contributed by atoms with Gasteiger partial charge < -0.3 is 10.1 Å². The first-order chi connectivity index (χ1) is 14.3. The van der Waals surface area contributed by atoms with Gasteiger partial charge in [-0.3, -0.25) is 9.69 Å². The van der Waals surface area contributed by atoms with Gasteiger partial charge in [0, 0.05) is 38.8 Å². The monoisotopic (exact) mass is 431 g/mol. The molecule has 1 N–H and O–H groups in total. The van der Waals surface area contributed by atoms with Gasteiger partial charge in [-0.15, -0.1) is 0 Å². The Morgan fingerprint density at radius 2 is 1.73 bits per heavy atom. The van der Waals surface area contributed by atoms with Crippen molar-refractivity contribution >= 4 is 15.9 Å². The van der Waals surface area contributed by atoms with Crippen LogP contribution >= 0.6 is 0 Å². The fourth-order valence-corrected chi connectivity index (χ4v) is 4.65. The summed E-state index contributed by atoms with van der Waals surface area (Å²) in [5.74, 6) is -0.299. The summed E-state index contributed by atoms with van der Waals surface area (Å²) in [6.07, 6.45) is 0. The maximum Gasteiger partial charge on any atom is 0.251 e. The number of nitrogens with zero attached hydrogens (tertiary/aromatic N) is 2. The van der Waals surface area contributed by atoms with E-state index >= 15 is 0 Å². The number of carbonyl (C=O) groups is 1. The van der Waals surface area contributed by atoms with Crippen molar-refractivity contribution in [2.75, 3.05) is 40.4 Å². The molecule has 1 saturated heterocycles. The SMILES string of the molecule is CC(NC(=O)c1cccc(S(=O)(=O)N(C)C)c1)C(c1ccccc1)N1CCOCC1. The molecule has 1 amide bonds. The lowest BCUT2D eigenvalue weighted by Crippen LogP contribution is -2.48. The molecule has 2 atom stereocenters. The largest absolute Gasteiger partial charge is 0.379 e. The van der Waals surface area contributed by atoms with Crippen LogP contribution in [0.5, 0.6) is 0 Å². The van der Waals surface area contributed by atoms with Crippen LogP contribution < -0.4 is 5.32 Å². The Kier molecular flexibility index (Phi) is 7.25. The average Bonchev–Trinajstić information content (AvgIpc) is 2.75. The van der Waals surface area contributed by atoms with Crippen molar-refractivity contribution in [2.24, 2.45) is 0 Å². The van der Waals surface area contributed by atoms with Gasteiger partial charge in [-0.25, -0.2) is 12.7 Å². The maximum atomic E-state index is 13.0. The number of ether oxygens (including phenoxy) is 1. The van der Waals surface area contributed by atoms with Crippen molar-refractivity contribution in [3.63, 3.8) is 0 Å². The van der Waals surface area contributed by atoms with Crippen molar-refractivity contribution in [2.45, 2.75) is 23.9 Å². The summed E-state index contributed by atoms with van der Waals surface area (Å²) in [7, 11) is -0.668. The number of hydrogen-bond acceptors (Lipinski definition) is 5. The highest BCUT2D eigenvalue weighted by molar-refractivity contribution is 7.89. The highest BCUT2D eigenvalue weighted by atomic mass is 32.2. The van der Waals surface area contributed by atoms with Gasteiger partial charge in [0.25, 0.3) is 5.91 Å². The summed E-state index contributed by atoms with van der Waals surface area (Å²) in [4.78, 5) is 15.4. The van der Waals surface area contributed by atoms with E-state index in [-0.39, 0.29) is 22.9 Å². The molecular weight excluding hydrogens is 402 g/mol. The van der Waals surface area contributed by atoms with Crippen LogP contribution in [0, 0.1) is 0 Å². The first-order valence-electron chi connectivity index (χ1n) is 10.0. The zero-order valence-electron chi connectivity index (χ0n) is 17.6. The second kappa shape index (κ2) is 9.70. The molecule has 0 aliphatic carbocycles. The number of sulfonamides is 1. The number of carbonyl (C=O) groups excluding carboxylic acids is 1. The number of benzene rings is 2. The summed E-state index contributed by atoms with van der Waals surface area (Å²) >= 11 is 0. The molecule has 30 heavy (non-hydrogen) atoms. The average molecular weight is 432 g/mol. The van der Waals surface area contributed by atoms with E-state index in [2.05, 4.69) is 22.3 Å². The molecule has 1 aliphatic heterocycles. The van der Waals surface area contributed by atoms with Gasteiger partial charge in [-0.2, -0.15) is 0 Å². The van der Waals surface area contributed by atoms with Gasteiger partial charge in [0.05, 0.1) is 24.2 Å². The number of rotatable bonds is 7. The third-order valence-corrected chi connectivity index (χ3v) is 7.10. The van der Waals surface area contributed by atoms with Crippen LogP contribution in [0.3, 0.4) is 0 Å². The van der Waals surface area contributed by atoms with Gasteiger partial charge in [-0.1, -0.05) is 36.4 Å². The quantitative estimate of drug-likeness (QED) is 0.727. The Balaban J connectivity index is 1.82. The van der Waals surface area contributed by atoms with Gasteiger partial charge in [0.2, 0.25) is 10.0 Å². The third kappa shape index (κ3) is 5.07. The van der Waals surface area contributed by atoms with Crippen LogP contribution in [0.25, 0.3) is 0 Å². The van der Waals surface area contributed by atoms with E-state index in [9.17, 15) is 13.2 Å². The molecule has 8 heteroatoms. The van der Waals surface area contributed by atoms with Crippen LogP contribution in [0.2, 0.25) is 0 Å². The van der Waals surface area contributed by atoms with E-state index in [0.29, 0.717) is 18.8 Å². The van der Waals surface area contributed by atoms with Crippen LogP contribution in [0.4, 0.5) is 0 Å². The zero-order chi connectivity index (χ0) is 21.7.